The number of rotatable bonds is 3. The van der Waals surface area contributed by atoms with E-state index < -0.39 is 5.60 Å². The van der Waals surface area contributed by atoms with E-state index in [1.54, 1.807) is 0 Å². The minimum atomic E-state index is -0.447. The van der Waals surface area contributed by atoms with Crippen LogP contribution in [0.2, 0.25) is 5.28 Å². The van der Waals surface area contributed by atoms with Gasteiger partial charge in [0.2, 0.25) is 5.28 Å². The molecule has 0 N–H and O–H groups in total. The minimum absolute atomic E-state index is 0.187. The summed E-state index contributed by atoms with van der Waals surface area (Å²) in [4.78, 5) is 28.0. The van der Waals surface area contributed by atoms with Gasteiger partial charge in [-0.25, -0.2) is 9.78 Å². The predicted molar refractivity (Wildman–Crippen MR) is 132 cm³/mol. The largest absolute Gasteiger partial charge is 0.444 e. The van der Waals surface area contributed by atoms with Gasteiger partial charge in [0, 0.05) is 51.2 Å². The van der Waals surface area contributed by atoms with Crippen molar-refractivity contribution >= 4 is 34.4 Å². The Bertz CT molecular complexity index is 1050. The summed E-state index contributed by atoms with van der Waals surface area (Å²) in [5.41, 5.74) is 2.01. The van der Waals surface area contributed by atoms with Gasteiger partial charge in [-0.2, -0.15) is 4.98 Å². The highest BCUT2D eigenvalue weighted by molar-refractivity contribution is 6.28. The molecule has 34 heavy (non-hydrogen) atoms. The Labute approximate surface area is 206 Å². The maximum Gasteiger partial charge on any atom is 0.410 e. The molecule has 0 bridgehead atoms. The molecule has 184 valence electrons. The summed E-state index contributed by atoms with van der Waals surface area (Å²) in [6.45, 7) is 13.4. The van der Waals surface area contributed by atoms with Gasteiger partial charge in [-0.05, 0) is 68.3 Å². The lowest BCUT2D eigenvalue weighted by Crippen LogP contribution is -2.60. The number of carbonyl (C=O) groups is 1. The van der Waals surface area contributed by atoms with E-state index in [1.807, 2.05) is 25.7 Å². The van der Waals surface area contributed by atoms with Crippen molar-refractivity contribution in [2.75, 3.05) is 57.4 Å². The van der Waals surface area contributed by atoms with E-state index in [0.29, 0.717) is 18.6 Å². The summed E-state index contributed by atoms with van der Waals surface area (Å²) >= 11 is 6.22. The van der Waals surface area contributed by atoms with Crippen LogP contribution >= 0.6 is 11.6 Å². The molecule has 3 aliphatic heterocycles. The van der Waals surface area contributed by atoms with Gasteiger partial charge < -0.3 is 19.3 Å². The SMILES string of the molecule is CC(C)(C)OC(=O)N1CCC2(CC1)CN(Cc1ccc3nc(Cl)nc(N4CCOCC4)c3c1)C2. The Morgan fingerprint density at radius 2 is 1.82 bits per heavy atom. The number of hydrogen-bond donors (Lipinski definition) is 0. The first-order chi connectivity index (χ1) is 16.2. The number of hydrogen-bond acceptors (Lipinski definition) is 7. The zero-order valence-electron chi connectivity index (χ0n) is 20.3. The zero-order chi connectivity index (χ0) is 23.9. The molecule has 0 atom stereocenters. The van der Waals surface area contributed by atoms with Gasteiger partial charge in [0.05, 0.1) is 18.7 Å². The second kappa shape index (κ2) is 9.13. The van der Waals surface area contributed by atoms with Crippen molar-refractivity contribution in [3.63, 3.8) is 0 Å². The van der Waals surface area contributed by atoms with Crippen LogP contribution in [0, 0.1) is 5.41 Å². The Kier molecular flexibility index (Phi) is 6.33. The average molecular weight is 488 g/mol. The van der Waals surface area contributed by atoms with Crippen LogP contribution in [0.5, 0.6) is 0 Å². The van der Waals surface area contributed by atoms with Crippen LogP contribution in [0.15, 0.2) is 18.2 Å². The van der Waals surface area contributed by atoms with Crippen LogP contribution in [0.25, 0.3) is 10.9 Å². The van der Waals surface area contributed by atoms with Gasteiger partial charge >= 0.3 is 6.09 Å². The number of carbonyl (C=O) groups excluding carboxylic acids is 1. The zero-order valence-corrected chi connectivity index (χ0v) is 21.1. The highest BCUT2D eigenvalue weighted by Gasteiger charge is 2.45. The van der Waals surface area contributed by atoms with E-state index in [9.17, 15) is 4.79 Å². The molecule has 0 aliphatic carbocycles. The van der Waals surface area contributed by atoms with Crippen LogP contribution in [-0.4, -0.2) is 83.9 Å². The molecule has 0 radical (unpaired) electrons. The lowest BCUT2D eigenvalue weighted by molar-refractivity contribution is -0.0550. The van der Waals surface area contributed by atoms with E-state index in [4.69, 9.17) is 21.1 Å². The molecule has 1 aromatic heterocycles. The van der Waals surface area contributed by atoms with Crippen LogP contribution in [0.3, 0.4) is 0 Å². The monoisotopic (exact) mass is 487 g/mol. The number of nitrogens with zero attached hydrogens (tertiary/aromatic N) is 5. The fourth-order valence-corrected chi connectivity index (χ4v) is 5.50. The summed E-state index contributed by atoms with van der Waals surface area (Å²) in [5.74, 6) is 0.898. The first-order valence-corrected chi connectivity index (χ1v) is 12.6. The first kappa shape index (κ1) is 23.6. The molecule has 3 saturated heterocycles. The molecule has 0 unspecified atom stereocenters. The normalized spacial score (nSPS) is 21.1. The summed E-state index contributed by atoms with van der Waals surface area (Å²) in [7, 11) is 0. The van der Waals surface area contributed by atoms with Crippen molar-refractivity contribution in [2.45, 2.75) is 45.8 Å². The molecular weight excluding hydrogens is 454 g/mol. The standard InChI is InChI=1S/C25H34ClN5O3/c1-24(2,3)34-23(32)31-8-6-25(7-9-31)16-29(17-25)15-18-4-5-20-19(14-18)21(28-22(26)27-20)30-10-12-33-13-11-30/h4-5,14H,6-13,15-17H2,1-3H3. The average Bonchev–Trinajstić information content (AvgIpc) is 2.77. The molecule has 1 spiro atoms. The van der Waals surface area contributed by atoms with Gasteiger partial charge in [-0.3, -0.25) is 4.90 Å². The molecule has 5 rings (SSSR count). The third-order valence-corrected chi connectivity index (χ3v) is 7.19. The molecule has 0 saturated carbocycles. The lowest BCUT2D eigenvalue weighted by atomic mass is 9.72. The van der Waals surface area contributed by atoms with Gasteiger partial charge in [-0.15, -0.1) is 0 Å². The molecule has 8 nitrogen and oxygen atoms in total. The van der Waals surface area contributed by atoms with E-state index in [2.05, 4.69) is 38.0 Å². The van der Waals surface area contributed by atoms with Crippen LogP contribution in [0.1, 0.15) is 39.2 Å². The Morgan fingerprint density at radius 3 is 2.50 bits per heavy atom. The van der Waals surface area contributed by atoms with Gasteiger partial charge in [-0.1, -0.05) is 6.07 Å². The molecule has 4 heterocycles. The molecule has 3 aliphatic rings. The van der Waals surface area contributed by atoms with Crippen molar-refractivity contribution in [1.82, 2.24) is 19.8 Å². The number of fused-ring (bicyclic) bond motifs is 1. The van der Waals surface area contributed by atoms with E-state index in [1.165, 1.54) is 5.56 Å². The maximum atomic E-state index is 12.4. The number of likely N-dealkylation sites (tertiary alicyclic amines) is 2. The minimum Gasteiger partial charge on any atom is -0.444 e. The van der Waals surface area contributed by atoms with Gasteiger partial charge in [0.15, 0.2) is 0 Å². The Morgan fingerprint density at radius 1 is 1.12 bits per heavy atom. The number of halogens is 1. The van der Waals surface area contributed by atoms with Gasteiger partial charge in [0.25, 0.3) is 0 Å². The van der Waals surface area contributed by atoms with Crippen molar-refractivity contribution in [2.24, 2.45) is 5.41 Å². The first-order valence-electron chi connectivity index (χ1n) is 12.2. The van der Waals surface area contributed by atoms with Crippen molar-refractivity contribution in [3.05, 3.63) is 29.0 Å². The van der Waals surface area contributed by atoms with Crippen LogP contribution in [-0.2, 0) is 16.0 Å². The van der Waals surface area contributed by atoms with E-state index >= 15 is 0 Å². The third kappa shape index (κ3) is 5.09. The topological polar surface area (TPSA) is 71.0 Å². The fourth-order valence-electron chi connectivity index (χ4n) is 5.33. The number of benzene rings is 1. The molecule has 1 aromatic carbocycles. The smallest absolute Gasteiger partial charge is 0.410 e. The second-order valence-corrected chi connectivity index (χ2v) is 11.2. The fraction of sp³-hybridized carbons (Fsp3) is 0.640. The Balaban J connectivity index is 1.21. The predicted octanol–water partition coefficient (Wildman–Crippen LogP) is 3.95. The molecule has 3 fully saturated rings. The van der Waals surface area contributed by atoms with E-state index in [-0.39, 0.29) is 11.4 Å². The van der Waals surface area contributed by atoms with Crippen molar-refractivity contribution < 1.29 is 14.3 Å². The second-order valence-electron chi connectivity index (χ2n) is 10.9. The molecule has 1 amide bonds. The number of morpholine rings is 1. The number of amides is 1. The van der Waals surface area contributed by atoms with Crippen LogP contribution < -0.4 is 4.90 Å². The van der Waals surface area contributed by atoms with Crippen molar-refractivity contribution in [1.29, 1.82) is 0 Å². The Hall–Kier alpha value is -2.16. The quantitative estimate of drug-likeness (QED) is 0.607. The molecule has 9 heteroatoms. The number of anilines is 1. The highest BCUT2D eigenvalue weighted by atomic mass is 35.5. The summed E-state index contributed by atoms with van der Waals surface area (Å²) < 4.78 is 11.0. The molecule has 2 aromatic rings. The van der Waals surface area contributed by atoms with Gasteiger partial charge in [0.1, 0.15) is 11.4 Å². The number of aromatic nitrogens is 2. The number of piperidine rings is 1. The van der Waals surface area contributed by atoms with Crippen molar-refractivity contribution in [3.8, 4) is 0 Å². The van der Waals surface area contributed by atoms with E-state index in [0.717, 1.165) is 75.4 Å². The lowest BCUT2D eigenvalue weighted by Gasteiger charge is -2.54. The maximum absolute atomic E-state index is 12.4. The molecular formula is C25H34ClN5O3. The summed E-state index contributed by atoms with van der Waals surface area (Å²) in [6.07, 6.45) is 1.88. The highest BCUT2D eigenvalue weighted by Crippen LogP contribution is 2.41. The van der Waals surface area contributed by atoms with Crippen LogP contribution in [0.4, 0.5) is 10.6 Å². The third-order valence-electron chi connectivity index (χ3n) is 7.02. The number of ether oxygens (including phenoxy) is 2. The summed E-state index contributed by atoms with van der Waals surface area (Å²) in [6, 6.07) is 6.41. The summed E-state index contributed by atoms with van der Waals surface area (Å²) in [5, 5.41) is 1.33.